The summed E-state index contributed by atoms with van der Waals surface area (Å²) in [7, 11) is 3.09. The zero-order valence-electron chi connectivity index (χ0n) is 22.6. The molecular weight excluding hydrogens is 494 g/mol. The van der Waals surface area contributed by atoms with Gasteiger partial charge in [-0.1, -0.05) is 75.4 Å². The van der Waals surface area contributed by atoms with E-state index in [9.17, 15) is 14.7 Å². The van der Waals surface area contributed by atoms with Gasteiger partial charge in [0.2, 0.25) is 5.78 Å². The number of methoxy groups -OCH3 is 2. The topological polar surface area (TPSA) is 89.2 Å². The van der Waals surface area contributed by atoms with E-state index >= 15 is 0 Å². The minimum atomic E-state index is -0.834. The van der Waals surface area contributed by atoms with Crippen molar-refractivity contribution in [3.63, 3.8) is 0 Å². The molecule has 7 heteroatoms. The maximum absolute atomic E-state index is 13.9. The zero-order chi connectivity index (χ0) is 27.9. The van der Waals surface area contributed by atoms with Gasteiger partial charge in [0.05, 0.1) is 32.4 Å². The molecule has 0 fully saturated rings. The van der Waals surface area contributed by atoms with Gasteiger partial charge in [0.25, 0.3) is 5.91 Å². The van der Waals surface area contributed by atoms with Crippen molar-refractivity contribution in [2.75, 3.05) is 14.2 Å². The Morgan fingerprint density at radius 1 is 0.949 bits per heavy atom. The number of nitrogens with zero attached hydrogens (tertiary/aromatic N) is 1. The van der Waals surface area contributed by atoms with Gasteiger partial charge in [-0.05, 0) is 34.7 Å². The number of aliphatic hydroxyl groups is 1. The van der Waals surface area contributed by atoms with Crippen LogP contribution < -0.4 is 9.47 Å². The molecule has 0 bridgehead atoms. The summed E-state index contributed by atoms with van der Waals surface area (Å²) >= 11 is 0. The number of benzene rings is 3. The number of amides is 1. The van der Waals surface area contributed by atoms with Crippen molar-refractivity contribution in [2.24, 2.45) is 0 Å². The maximum Gasteiger partial charge on any atom is 0.290 e. The number of ketones is 1. The molecular formula is C32H31NO6. The Hall–Kier alpha value is -4.52. The third-order valence-corrected chi connectivity index (χ3v) is 7.13. The Bertz CT molecular complexity index is 1590. The van der Waals surface area contributed by atoms with E-state index in [1.165, 1.54) is 12.0 Å². The fourth-order valence-corrected chi connectivity index (χ4v) is 5.02. The monoisotopic (exact) mass is 525 g/mol. The first-order chi connectivity index (χ1) is 18.6. The molecule has 0 saturated carbocycles. The summed E-state index contributed by atoms with van der Waals surface area (Å²) in [6.45, 7) is 6.48. The van der Waals surface area contributed by atoms with E-state index < -0.39 is 23.5 Å². The molecule has 1 aliphatic rings. The number of fused-ring (bicyclic) bond motifs is 1. The lowest BCUT2D eigenvalue weighted by Gasteiger charge is -2.28. The fourth-order valence-electron chi connectivity index (χ4n) is 5.02. The molecule has 1 amide bonds. The molecule has 3 aromatic carbocycles. The first-order valence-electron chi connectivity index (χ1n) is 12.7. The van der Waals surface area contributed by atoms with E-state index in [1.54, 1.807) is 25.3 Å². The van der Waals surface area contributed by atoms with E-state index in [-0.39, 0.29) is 23.3 Å². The molecule has 7 nitrogen and oxygen atoms in total. The number of ether oxygens (including phenoxy) is 2. The molecule has 4 aromatic rings. The molecule has 1 N–H and O–H groups in total. The molecule has 1 aliphatic heterocycles. The highest BCUT2D eigenvalue weighted by atomic mass is 16.5. The second-order valence-corrected chi connectivity index (χ2v) is 10.6. The van der Waals surface area contributed by atoms with E-state index in [4.69, 9.17) is 13.9 Å². The number of furan rings is 1. The van der Waals surface area contributed by atoms with Gasteiger partial charge in [0.1, 0.15) is 5.75 Å². The number of Topliss-reactive ketones (excluding diaryl/α,β-unsaturated/α-hetero) is 1. The highest BCUT2D eigenvalue weighted by Gasteiger charge is 2.45. The number of hydrogen-bond donors (Lipinski definition) is 1. The van der Waals surface area contributed by atoms with Crippen LogP contribution in [-0.4, -0.2) is 35.9 Å². The molecule has 200 valence electrons. The molecule has 1 unspecified atom stereocenters. The van der Waals surface area contributed by atoms with E-state index in [0.717, 1.165) is 11.1 Å². The van der Waals surface area contributed by atoms with Gasteiger partial charge in [-0.2, -0.15) is 0 Å². The number of hydrogen-bond acceptors (Lipinski definition) is 6. The first kappa shape index (κ1) is 26.1. The fraction of sp³-hybridized carbons (Fsp3) is 0.250. The molecule has 0 spiro atoms. The number of carbonyl (C=O) groups excluding carboxylic acids is 2. The Morgan fingerprint density at radius 2 is 1.62 bits per heavy atom. The standard InChI is InChI=1S/C32H31NO6/c1-32(2,3)22-15-13-19(14-16-22)27-26(28(34)25-17-20-10-8-12-24(38-5)30(20)39-25)29(35)31(36)33(27)18-21-9-6-7-11-23(21)37-4/h6-17,27,35H,18H2,1-5H3. The number of aliphatic hydroxyl groups excluding tert-OH is 1. The lowest BCUT2D eigenvalue weighted by molar-refractivity contribution is -0.130. The second kappa shape index (κ2) is 9.98. The van der Waals surface area contributed by atoms with Crippen LogP contribution in [0, 0.1) is 0 Å². The average Bonchev–Trinajstić information content (AvgIpc) is 3.48. The molecule has 0 saturated heterocycles. The predicted molar refractivity (Wildman–Crippen MR) is 148 cm³/mol. The summed E-state index contributed by atoms with van der Waals surface area (Å²) in [6, 6.07) is 21.3. The highest BCUT2D eigenvalue weighted by Crippen LogP contribution is 2.42. The Morgan fingerprint density at radius 3 is 2.28 bits per heavy atom. The third-order valence-electron chi connectivity index (χ3n) is 7.13. The van der Waals surface area contributed by atoms with Gasteiger partial charge in [0.15, 0.2) is 22.9 Å². The molecule has 1 atom stereocenters. The van der Waals surface area contributed by atoms with Crippen molar-refractivity contribution in [1.29, 1.82) is 0 Å². The zero-order valence-corrected chi connectivity index (χ0v) is 22.6. The SMILES string of the molecule is COc1ccccc1CN1C(=O)C(O)=C(C(=O)c2cc3cccc(OC)c3o2)C1c1ccc(C(C)(C)C)cc1. The van der Waals surface area contributed by atoms with Gasteiger partial charge in [-0.25, -0.2) is 0 Å². The van der Waals surface area contributed by atoms with Crippen LogP contribution in [0.15, 0.2) is 88.5 Å². The summed E-state index contributed by atoms with van der Waals surface area (Å²) in [5, 5.41) is 11.8. The Balaban J connectivity index is 1.62. The van der Waals surface area contributed by atoms with Crippen molar-refractivity contribution >= 4 is 22.7 Å². The largest absolute Gasteiger partial charge is 0.503 e. The maximum atomic E-state index is 13.9. The Labute approximate surface area is 227 Å². The summed E-state index contributed by atoms with van der Waals surface area (Å²) in [5.74, 6) is -0.684. The molecule has 5 rings (SSSR count). The molecule has 39 heavy (non-hydrogen) atoms. The molecule has 2 heterocycles. The van der Waals surface area contributed by atoms with Gasteiger partial charge in [-0.15, -0.1) is 0 Å². The van der Waals surface area contributed by atoms with Crippen molar-refractivity contribution < 1.29 is 28.6 Å². The van der Waals surface area contributed by atoms with Gasteiger partial charge >= 0.3 is 0 Å². The Kier molecular flexibility index (Phi) is 6.68. The second-order valence-electron chi connectivity index (χ2n) is 10.6. The predicted octanol–water partition coefficient (Wildman–Crippen LogP) is 6.53. The molecule has 0 aliphatic carbocycles. The number of carbonyl (C=O) groups is 2. The van der Waals surface area contributed by atoms with Crippen LogP contribution in [0.2, 0.25) is 0 Å². The smallest absolute Gasteiger partial charge is 0.290 e. The van der Waals surface area contributed by atoms with Crippen LogP contribution in [0.4, 0.5) is 0 Å². The van der Waals surface area contributed by atoms with Crippen LogP contribution in [0.25, 0.3) is 11.0 Å². The van der Waals surface area contributed by atoms with Crippen molar-refractivity contribution in [3.8, 4) is 11.5 Å². The molecule has 0 radical (unpaired) electrons. The van der Waals surface area contributed by atoms with Crippen LogP contribution in [0.1, 0.15) is 54.1 Å². The average molecular weight is 526 g/mol. The third kappa shape index (κ3) is 4.65. The van der Waals surface area contributed by atoms with E-state index in [0.29, 0.717) is 28.0 Å². The quantitative estimate of drug-likeness (QED) is 0.276. The summed E-state index contributed by atoms with van der Waals surface area (Å²) in [6.07, 6.45) is 0. The lowest BCUT2D eigenvalue weighted by atomic mass is 9.85. The van der Waals surface area contributed by atoms with E-state index in [1.807, 2.05) is 54.6 Å². The summed E-state index contributed by atoms with van der Waals surface area (Å²) in [5.41, 5.74) is 2.87. The van der Waals surface area contributed by atoms with Crippen molar-refractivity contribution in [3.05, 3.63) is 107 Å². The van der Waals surface area contributed by atoms with Crippen molar-refractivity contribution in [1.82, 2.24) is 4.90 Å². The minimum Gasteiger partial charge on any atom is -0.503 e. The van der Waals surface area contributed by atoms with Gasteiger partial charge in [-0.3, -0.25) is 9.59 Å². The normalized spacial score (nSPS) is 15.8. The van der Waals surface area contributed by atoms with Gasteiger partial charge in [0, 0.05) is 10.9 Å². The molecule has 1 aromatic heterocycles. The van der Waals surface area contributed by atoms with Crippen LogP contribution >= 0.6 is 0 Å². The van der Waals surface area contributed by atoms with Crippen LogP contribution in [-0.2, 0) is 16.8 Å². The number of rotatable bonds is 7. The summed E-state index contributed by atoms with van der Waals surface area (Å²) < 4.78 is 16.8. The lowest BCUT2D eigenvalue weighted by Crippen LogP contribution is -2.31. The van der Waals surface area contributed by atoms with Crippen molar-refractivity contribution in [2.45, 2.75) is 38.8 Å². The van der Waals surface area contributed by atoms with E-state index in [2.05, 4.69) is 20.8 Å². The highest BCUT2D eigenvalue weighted by molar-refractivity contribution is 6.16. The van der Waals surface area contributed by atoms with Crippen LogP contribution in [0.5, 0.6) is 11.5 Å². The number of para-hydroxylation sites is 2. The minimum absolute atomic E-state index is 0.0132. The van der Waals surface area contributed by atoms with Crippen LogP contribution in [0.3, 0.4) is 0 Å². The first-order valence-corrected chi connectivity index (χ1v) is 12.7. The van der Waals surface area contributed by atoms with Gasteiger partial charge < -0.3 is 23.9 Å². The summed E-state index contributed by atoms with van der Waals surface area (Å²) in [4.78, 5) is 29.0.